The second-order valence-corrected chi connectivity index (χ2v) is 9.42. The Morgan fingerprint density at radius 2 is 1.85 bits per heavy atom. The minimum Gasteiger partial charge on any atom is -0.483 e. The zero-order chi connectivity index (χ0) is 27.6. The van der Waals surface area contributed by atoms with Crippen LogP contribution in [0.3, 0.4) is 0 Å². The van der Waals surface area contributed by atoms with Crippen LogP contribution in [0.25, 0.3) is 0 Å². The minimum absolute atomic E-state index is 0.0129. The number of anilines is 4. The lowest BCUT2D eigenvalue weighted by Gasteiger charge is -2.34. The predicted molar refractivity (Wildman–Crippen MR) is 141 cm³/mol. The summed E-state index contributed by atoms with van der Waals surface area (Å²) in [4.78, 5) is 24.9. The highest BCUT2D eigenvalue weighted by molar-refractivity contribution is 6.32. The lowest BCUT2D eigenvalue weighted by molar-refractivity contribution is -0.137. The van der Waals surface area contributed by atoms with Crippen LogP contribution in [0.5, 0.6) is 17.4 Å². The first-order valence-electron chi connectivity index (χ1n) is 12.1. The van der Waals surface area contributed by atoms with E-state index in [1.807, 2.05) is 11.9 Å². The number of hydrogen-bond donors (Lipinski definition) is 3. The van der Waals surface area contributed by atoms with E-state index in [-0.39, 0.29) is 22.3 Å². The lowest BCUT2D eigenvalue weighted by Crippen LogP contribution is -2.44. The van der Waals surface area contributed by atoms with Crippen LogP contribution in [0.2, 0.25) is 5.02 Å². The summed E-state index contributed by atoms with van der Waals surface area (Å²) in [6, 6.07) is 7.31. The molecule has 0 saturated carbocycles. The van der Waals surface area contributed by atoms with Crippen LogP contribution in [0, 0.1) is 0 Å². The van der Waals surface area contributed by atoms with Gasteiger partial charge in [0.05, 0.1) is 17.1 Å². The molecule has 5 rings (SSSR count). The summed E-state index contributed by atoms with van der Waals surface area (Å²) >= 11 is 6.29. The number of hydrogen-bond acceptors (Lipinski definition) is 8. The Morgan fingerprint density at radius 1 is 1.08 bits per heavy atom. The molecule has 1 aromatic heterocycles. The molecule has 0 radical (unpaired) electrons. The zero-order valence-corrected chi connectivity index (χ0v) is 21.6. The van der Waals surface area contributed by atoms with Crippen molar-refractivity contribution in [3.63, 3.8) is 0 Å². The third-order valence-electron chi connectivity index (χ3n) is 6.18. The van der Waals surface area contributed by atoms with Gasteiger partial charge in [0.25, 0.3) is 5.88 Å². The van der Waals surface area contributed by atoms with Crippen LogP contribution in [-0.4, -0.2) is 67.3 Å². The van der Waals surface area contributed by atoms with Crippen molar-refractivity contribution in [3.8, 4) is 17.4 Å². The van der Waals surface area contributed by atoms with E-state index in [9.17, 15) is 18.0 Å². The Labute approximate surface area is 227 Å². The van der Waals surface area contributed by atoms with Crippen molar-refractivity contribution in [3.05, 3.63) is 53.3 Å². The molecule has 3 heterocycles. The highest BCUT2D eigenvalue weighted by Crippen LogP contribution is 2.39. The molecule has 0 unspecified atom stereocenters. The van der Waals surface area contributed by atoms with Crippen molar-refractivity contribution in [1.29, 1.82) is 0 Å². The van der Waals surface area contributed by atoms with Gasteiger partial charge in [-0.2, -0.15) is 18.2 Å². The van der Waals surface area contributed by atoms with Crippen molar-refractivity contribution >= 4 is 40.5 Å². The normalized spacial score (nSPS) is 15.6. The van der Waals surface area contributed by atoms with Crippen molar-refractivity contribution < 1.29 is 27.4 Å². The second-order valence-electron chi connectivity index (χ2n) is 9.01. The quantitative estimate of drug-likeness (QED) is 0.392. The maximum atomic E-state index is 13.6. The highest BCUT2D eigenvalue weighted by atomic mass is 35.5. The summed E-state index contributed by atoms with van der Waals surface area (Å²) in [6.45, 7) is 3.59. The molecule has 0 bridgehead atoms. The average molecular weight is 564 g/mol. The molecule has 2 aromatic carbocycles. The summed E-state index contributed by atoms with van der Waals surface area (Å²) in [6.07, 6.45) is -3.26. The van der Waals surface area contributed by atoms with Crippen LogP contribution >= 0.6 is 11.6 Å². The van der Waals surface area contributed by atoms with E-state index in [4.69, 9.17) is 21.1 Å². The molecule has 1 fully saturated rings. The smallest absolute Gasteiger partial charge is 0.416 e. The van der Waals surface area contributed by atoms with Crippen LogP contribution < -0.4 is 30.3 Å². The number of alkyl halides is 3. The molecule has 0 atom stereocenters. The number of nitrogens with one attached hydrogen (secondary N) is 3. The molecule has 2 aliphatic heterocycles. The van der Waals surface area contributed by atoms with Gasteiger partial charge in [-0.1, -0.05) is 11.6 Å². The zero-order valence-electron chi connectivity index (χ0n) is 20.8. The van der Waals surface area contributed by atoms with Gasteiger partial charge in [-0.05, 0) is 37.4 Å². The maximum Gasteiger partial charge on any atom is 0.416 e. The SMILES string of the molecule is CN1CCN(c2cc(NC(=O)Nc3ccc(Cl)c(Oc4ncnc5c4OCCN5)c3)cc(C(F)(F)F)c2)CC1. The Morgan fingerprint density at radius 3 is 2.62 bits per heavy atom. The van der Waals surface area contributed by atoms with E-state index in [1.165, 1.54) is 30.6 Å². The number of fused-ring (bicyclic) bond motifs is 1. The summed E-state index contributed by atoms with van der Waals surface area (Å²) in [5.41, 5.74) is -0.152. The fraction of sp³-hybridized carbons (Fsp3) is 0.320. The fourth-order valence-corrected chi connectivity index (χ4v) is 4.32. The van der Waals surface area contributed by atoms with Gasteiger partial charge >= 0.3 is 12.2 Å². The van der Waals surface area contributed by atoms with Crippen LogP contribution in [-0.2, 0) is 6.18 Å². The van der Waals surface area contributed by atoms with Crippen molar-refractivity contribution in [1.82, 2.24) is 14.9 Å². The standard InChI is InChI=1S/C25H25ClF3N7O3/c1-35-5-7-36(8-6-35)18-11-15(25(27,28)29)10-17(12-18)34-24(37)33-16-2-3-19(26)20(13-16)39-23-21-22(31-14-32-23)30-4-9-38-21/h2-3,10-14H,4-9H2,1H3,(H,30,31,32)(H2,33,34,37). The number of benzene rings is 2. The second kappa shape index (κ2) is 11.0. The van der Waals surface area contributed by atoms with Gasteiger partial charge in [0.1, 0.15) is 18.7 Å². The van der Waals surface area contributed by atoms with Crippen molar-refractivity contribution in [2.24, 2.45) is 0 Å². The first-order valence-corrected chi connectivity index (χ1v) is 12.5. The molecule has 2 amide bonds. The number of rotatable bonds is 5. The molecular weight excluding hydrogens is 539 g/mol. The van der Waals surface area contributed by atoms with Crippen LogP contribution in [0.4, 0.5) is 40.8 Å². The first-order chi connectivity index (χ1) is 18.7. The number of urea groups is 1. The number of likely N-dealkylation sites (N-methyl/N-ethyl adjacent to an activating group) is 1. The van der Waals surface area contributed by atoms with E-state index >= 15 is 0 Å². The Balaban J connectivity index is 1.32. The monoisotopic (exact) mass is 563 g/mol. The summed E-state index contributed by atoms with van der Waals surface area (Å²) in [5.74, 6) is 1.13. The fourth-order valence-electron chi connectivity index (χ4n) is 4.16. The third-order valence-corrected chi connectivity index (χ3v) is 6.49. The van der Waals surface area contributed by atoms with E-state index in [2.05, 4.69) is 30.8 Å². The van der Waals surface area contributed by atoms with E-state index < -0.39 is 17.8 Å². The number of nitrogens with zero attached hydrogens (tertiary/aromatic N) is 4. The molecule has 0 spiro atoms. The Kier molecular flexibility index (Phi) is 7.53. The molecule has 10 nitrogen and oxygen atoms in total. The first kappa shape index (κ1) is 26.6. The largest absolute Gasteiger partial charge is 0.483 e. The van der Waals surface area contributed by atoms with Gasteiger partial charge in [-0.25, -0.2) is 9.78 Å². The van der Waals surface area contributed by atoms with Crippen molar-refractivity contribution in [2.75, 3.05) is 67.2 Å². The highest BCUT2D eigenvalue weighted by Gasteiger charge is 2.32. The number of halogens is 4. The number of carbonyl (C=O) groups excluding carboxylic acids is 1. The molecule has 1 saturated heterocycles. The number of aromatic nitrogens is 2. The molecule has 2 aliphatic rings. The van der Waals surface area contributed by atoms with E-state index in [1.54, 1.807) is 0 Å². The van der Waals surface area contributed by atoms with Gasteiger partial charge in [0.15, 0.2) is 5.82 Å². The Bertz CT molecular complexity index is 1370. The Hall–Kier alpha value is -3.97. The summed E-state index contributed by atoms with van der Waals surface area (Å²) in [5, 5.41) is 8.43. The third kappa shape index (κ3) is 6.37. The molecular formula is C25H25ClF3N7O3. The van der Waals surface area contributed by atoms with Gasteiger partial charge in [0, 0.05) is 49.3 Å². The number of ether oxygens (including phenoxy) is 2. The number of amides is 2. The molecule has 3 N–H and O–H groups in total. The molecule has 39 heavy (non-hydrogen) atoms. The van der Waals surface area contributed by atoms with Gasteiger partial charge < -0.3 is 35.2 Å². The maximum absolute atomic E-state index is 13.6. The topological polar surface area (TPSA) is 104 Å². The molecule has 3 aromatic rings. The molecule has 206 valence electrons. The summed E-state index contributed by atoms with van der Waals surface area (Å²) in [7, 11) is 1.96. The number of piperazine rings is 1. The van der Waals surface area contributed by atoms with Gasteiger partial charge in [-0.15, -0.1) is 0 Å². The minimum atomic E-state index is -4.57. The predicted octanol–water partition coefficient (Wildman–Crippen LogP) is 5.14. The molecule has 0 aliphatic carbocycles. The number of carbonyl (C=O) groups is 1. The van der Waals surface area contributed by atoms with E-state index in [0.29, 0.717) is 49.2 Å². The van der Waals surface area contributed by atoms with Gasteiger partial charge in [-0.3, -0.25) is 0 Å². The van der Waals surface area contributed by atoms with Crippen molar-refractivity contribution in [2.45, 2.75) is 6.18 Å². The lowest BCUT2D eigenvalue weighted by atomic mass is 10.1. The van der Waals surface area contributed by atoms with Crippen LogP contribution in [0.1, 0.15) is 5.56 Å². The molecule has 14 heteroatoms. The average Bonchev–Trinajstić information content (AvgIpc) is 2.90. The van der Waals surface area contributed by atoms with Gasteiger partial charge in [0.2, 0.25) is 5.75 Å². The summed E-state index contributed by atoms with van der Waals surface area (Å²) < 4.78 is 52.3. The van der Waals surface area contributed by atoms with E-state index in [0.717, 1.165) is 25.2 Å². The van der Waals surface area contributed by atoms with Crippen LogP contribution in [0.15, 0.2) is 42.7 Å².